The molecule has 1 aliphatic carbocycles. The molecule has 0 saturated carbocycles. The average Bonchev–Trinajstić information content (AvgIpc) is 2.72. The molecule has 1 heterocycles. The number of thiophene rings is 1. The molecule has 1 aromatic rings. The molecule has 0 N–H and O–H groups in total. The molecule has 1 aliphatic rings. The van der Waals surface area contributed by atoms with E-state index >= 15 is 0 Å². The number of carbonyl (C=O) groups excluding carboxylic acids is 1. The second-order valence-corrected chi connectivity index (χ2v) is 4.65. The summed E-state index contributed by atoms with van der Waals surface area (Å²) in [4.78, 5) is 12.7. The lowest BCUT2D eigenvalue weighted by Crippen LogP contribution is -1.78. The molecular formula is C11H12OS. The molecule has 0 aromatic carbocycles. The molecule has 1 nitrogen and oxygen atoms in total. The van der Waals surface area contributed by atoms with E-state index in [-0.39, 0.29) is 0 Å². The molecule has 68 valence electrons. The van der Waals surface area contributed by atoms with Crippen LogP contribution in [0.1, 0.15) is 39.4 Å². The highest BCUT2D eigenvalue weighted by atomic mass is 32.1. The fourth-order valence-electron chi connectivity index (χ4n) is 1.80. The summed E-state index contributed by atoms with van der Waals surface area (Å²) in [7, 11) is 0. The Balaban J connectivity index is 2.38. The Morgan fingerprint density at radius 3 is 2.92 bits per heavy atom. The zero-order valence-electron chi connectivity index (χ0n) is 7.67. The number of carbonyl (C=O) groups is 1. The van der Waals surface area contributed by atoms with Gasteiger partial charge in [-0.1, -0.05) is 6.08 Å². The van der Waals surface area contributed by atoms with E-state index in [0.717, 1.165) is 11.2 Å². The third kappa shape index (κ3) is 1.59. The molecule has 2 heteroatoms. The van der Waals surface area contributed by atoms with Gasteiger partial charge in [-0.2, -0.15) is 0 Å². The van der Waals surface area contributed by atoms with Gasteiger partial charge in [0.15, 0.2) is 6.29 Å². The maximum atomic E-state index is 10.6. The van der Waals surface area contributed by atoms with Crippen LogP contribution in [0.3, 0.4) is 0 Å². The largest absolute Gasteiger partial charge is 0.297 e. The number of hydrogen-bond donors (Lipinski definition) is 0. The van der Waals surface area contributed by atoms with E-state index in [1.165, 1.54) is 35.3 Å². The van der Waals surface area contributed by atoms with Crippen molar-refractivity contribution in [3.8, 4) is 0 Å². The molecule has 0 radical (unpaired) electrons. The van der Waals surface area contributed by atoms with Gasteiger partial charge in [0.05, 0.1) is 4.88 Å². The van der Waals surface area contributed by atoms with Crippen molar-refractivity contribution in [2.75, 3.05) is 0 Å². The van der Waals surface area contributed by atoms with Crippen LogP contribution in [0.4, 0.5) is 0 Å². The van der Waals surface area contributed by atoms with Crippen molar-refractivity contribution < 1.29 is 4.79 Å². The maximum Gasteiger partial charge on any atom is 0.160 e. The van der Waals surface area contributed by atoms with Crippen molar-refractivity contribution >= 4 is 23.2 Å². The summed E-state index contributed by atoms with van der Waals surface area (Å²) in [5, 5.41) is 0. The minimum Gasteiger partial charge on any atom is -0.297 e. The van der Waals surface area contributed by atoms with Crippen molar-refractivity contribution in [2.45, 2.75) is 26.2 Å². The van der Waals surface area contributed by atoms with E-state index < -0.39 is 0 Å². The standard InChI is InChI=1S/C11H12OS/c1-8-11(6-10(7-12)13-8)9-4-2-3-5-9/h4,6-7H,2-3,5H2,1H3. The van der Waals surface area contributed by atoms with Gasteiger partial charge in [0.2, 0.25) is 0 Å². The van der Waals surface area contributed by atoms with Crippen molar-refractivity contribution in [1.82, 2.24) is 0 Å². The second-order valence-electron chi connectivity index (χ2n) is 3.36. The van der Waals surface area contributed by atoms with Crippen LogP contribution in [0.25, 0.3) is 5.57 Å². The van der Waals surface area contributed by atoms with Crippen molar-refractivity contribution in [2.24, 2.45) is 0 Å². The smallest absolute Gasteiger partial charge is 0.160 e. The first-order valence-corrected chi connectivity index (χ1v) is 5.38. The second kappa shape index (κ2) is 3.46. The van der Waals surface area contributed by atoms with E-state index in [2.05, 4.69) is 13.0 Å². The normalized spacial score (nSPS) is 15.9. The number of hydrogen-bond acceptors (Lipinski definition) is 2. The Hall–Kier alpha value is -0.890. The van der Waals surface area contributed by atoms with Crippen molar-refractivity contribution in [1.29, 1.82) is 0 Å². The predicted octanol–water partition coefficient (Wildman–Crippen LogP) is 3.44. The number of aryl methyl sites for hydroxylation is 1. The fourth-order valence-corrected chi connectivity index (χ4v) is 2.68. The van der Waals surface area contributed by atoms with Gasteiger partial charge in [0.1, 0.15) is 0 Å². The lowest BCUT2D eigenvalue weighted by atomic mass is 10.1. The Bertz CT molecular complexity index is 360. The molecule has 2 rings (SSSR count). The Morgan fingerprint density at radius 1 is 1.54 bits per heavy atom. The Morgan fingerprint density at radius 2 is 2.38 bits per heavy atom. The molecule has 0 spiro atoms. The van der Waals surface area contributed by atoms with E-state index in [9.17, 15) is 4.79 Å². The fraction of sp³-hybridized carbons (Fsp3) is 0.364. The van der Waals surface area contributed by atoms with E-state index in [1.54, 1.807) is 11.3 Å². The Labute approximate surface area is 82.1 Å². The van der Waals surface area contributed by atoms with Crippen LogP contribution in [0.15, 0.2) is 12.1 Å². The van der Waals surface area contributed by atoms with Gasteiger partial charge in [0.25, 0.3) is 0 Å². The number of allylic oxidation sites excluding steroid dienone is 2. The van der Waals surface area contributed by atoms with Gasteiger partial charge in [-0.05, 0) is 43.4 Å². The molecule has 0 bridgehead atoms. The zero-order chi connectivity index (χ0) is 9.26. The third-order valence-corrected chi connectivity index (χ3v) is 3.42. The summed E-state index contributed by atoms with van der Waals surface area (Å²) in [6.45, 7) is 2.09. The highest BCUT2D eigenvalue weighted by Crippen LogP contribution is 2.33. The first-order chi connectivity index (χ1) is 6.31. The molecule has 0 fully saturated rings. The monoisotopic (exact) mass is 192 g/mol. The quantitative estimate of drug-likeness (QED) is 0.656. The Kier molecular flexibility index (Phi) is 2.32. The molecule has 0 saturated heterocycles. The first kappa shape index (κ1) is 8.70. The molecule has 0 atom stereocenters. The van der Waals surface area contributed by atoms with Gasteiger partial charge in [-0.3, -0.25) is 4.79 Å². The zero-order valence-corrected chi connectivity index (χ0v) is 8.49. The van der Waals surface area contributed by atoms with Gasteiger partial charge in [-0.25, -0.2) is 0 Å². The first-order valence-electron chi connectivity index (χ1n) is 4.56. The molecule has 13 heavy (non-hydrogen) atoms. The lowest BCUT2D eigenvalue weighted by molar-refractivity contribution is 0.112. The summed E-state index contributed by atoms with van der Waals surface area (Å²) >= 11 is 1.59. The van der Waals surface area contributed by atoms with E-state index in [0.29, 0.717) is 0 Å². The molecule has 0 aliphatic heterocycles. The van der Waals surface area contributed by atoms with Crippen LogP contribution < -0.4 is 0 Å². The van der Waals surface area contributed by atoms with Crippen LogP contribution in [-0.4, -0.2) is 6.29 Å². The van der Waals surface area contributed by atoms with Crippen LogP contribution in [-0.2, 0) is 0 Å². The summed E-state index contributed by atoms with van der Waals surface area (Å²) in [6.07, 6.45) is 6.87. The lowest BCUT2D eigenvalue weighted by Gasteiger charge is -1.98. The summed E-state index contributed by atoms with van der Waals surface area (Å²) in [6, 6.07) is 2.02. The van der Waals surface area contributed by atoms with Crippen molar-refractivity contribution in [3.63, 3.8) is 0 Å². The number of aldehydes is 1. The molecule has 1 aromatic heterocycles. The van der Waals surface area contributed by atoms with Crippen molar-refractivity contribution in [3.05, 3.63) is 27.5 Å². The van der Waals surface area contributed by atoms with E-state index in [4.69, 9.17) is 0 Å². The summed E-state index contributed by atoms with van der Waals surface area (Å²) in [5.74, 6) is 0. The minimum atomic E-state index is 0.848. The topological polar surface area (TPSA) is 17.1 Å². The van der Waals surface area contributed by atoms with Gasteiger partial charge >= 0.3 is 0 Å². The average molecular weight is 192 g/mol. The van der Waals surface area contributed by atoms with Crippen LogP contribution >= 0.6 is 11.3 Å². The third-order valence-electron chi connectivity index (χ3n) is 2.44. The minimum absolute atomic E-state index is 0.848. The SMILES string of the molecule is Cc1sc(C=O)cc1C1=CCCC1. The molecule has 0 unspecified atom stereocenters. The van der Waals surface area contributed by atoms with Crippen LogP contribution in [0.2, 0.25) is 0 Å². The highest BCUT2D eigenvalue weighted by molar-refractivity contribution is 7.13. The van der Waals surface area contributed by atoms with Crippen LogP contribution in [0.5, 0.6) is 0 Å². The van der Waals surface area contributed by atoms with Crippen LogP contribution in [0, 0.1) is 6.92 Å². The molecular weight excluding hydrogens is 180 g/mol. The van der Waals surface area contributed by atoms with Gasteiger partial charge < -0.3 is 0 Å². The number of rotatable bonds is 2. The highest BCUT2D eigenvalue weighted by Gasteiger charge is 2.12. The molecule has 0 amide bonds. The summed E-state index contributed by atoms with van der Waals surface area (Å²) in [5.41, 5.74) is 2.73. The predicted molar refractivity (Wildman–Crippen MR) is 56.3 cm³/mol. The van der Waals surface area contributed by atoms with Gasteiger partial charge in [-0.15, -0.1) is 11.3 Å². The maximum absolute atomic E-state index is 10.6. The van der Waals surface area contributed by atoms with E-state index in [1.807, 2.05) is 6.07 Å². The summed E-state index contributed by atoms with van der Waals surface area (Å²) < 4.78 is 0. The van der Waals surface area contributed by atoms with Gasteiger partial charge in [0, 0.05) is 4.88 Å².